The van der Waals surface area contributed by atoms with Crippen molar-refractivity contribution in [2.24, 2.45) is 0 Å². The lowest BCUT2D eigenvalue weighted by atomic mass is 10.2. The quantitative estimate of drug-likeness (QED) is 0.925. The number of amides is 2. The van der Waals surface area contributed by atoms with E-state index < -0.39 is 17.8 Å². The molecule has 0 spiro atoms. The summed E-state index contributed by atoms with van der Waals surface area (Å²) in [5, 5.41) is 3.77. The fourth-order valence-corrected chi connectivity index (χ4v) is 1.94. The van der Waals surface area contributed by atoms with Gasteiger partial charge in [-0.25, -0.2) is 9.59 Å². The maximum Gasteiger partial charge on any atom is 0.434 e. The molecule has 0 aromatic heterocycles. The molecule has 23 heavy (non-hydrogen) atoms. The van der Waals surface area contributed by atoms with E-state index in [2.05, 4.69) is 5.32 Å². The van der Waals surface area contributed by atoms with Gasteiger partial charge in [0.15, 0.2) is 0 Å². The number of hydrogen-bond donors (Lipinski definition) is 1. The zero-order chi connectivity index (χ0) is 16.9. The summed E-state index contributed by atoms with van der Waals surface area (Å²) in [6.45, 7) is 5.93. The van der Waals surface area contributed by atoms with Crippen LogP contribution in [0.15, 0.2) is 30.3 Å². The number of nitrogens with zero attached hydrogens (tertiary/aromatic N) is 1. The molecule has 7 heteroatoms. The second kappa shape index (κ2) is 7.32. The molecule has 0 bridgehead atoms. The van der Waals surface area contributed by atoms with Crippen molar-refractivity contribution in [1.29, 1.82) is 0 Å². The summed E-state index contributed by atoms with van der Waals surface area (Å²) in [5.41, 5.74) is 0.307. The van der Waals surface area contributed by atoms with Gasteiger partial charge >= 0.3 is 12.2 Å². The third-order valence-electron chi connectivity index (χ3n) is 2.95. The minimum atomic E-state index is -0.597. The minimum Gasteiger partial charge on any atom is -0.445 e. The average Bonchev–Trinajstić information content (AvgIpc) is 2.93. The fourth-order valence-electron chi connectivity index (χ4n) is 1.94. The summed E-state index contributed by atoms with van der Waals surface area (Å²) in [6.07, 6.45) is -1.12. The first kappa shape index (κ1) is 17.1. The number of benzene rings is 1. The Hall–Kier alpha value is -2.28. The van der Waals surface area contributed by atoms with Crippen molar-refractivity contribution in [3.8, 4) is 0 Å². The van der Waals surface area contributed by atoms with E-state index in [1.807, 2.05) is 30.3 Å². The molecule has 2 amide bonds. The molecule has 1 aromatic carbocycles. The molecule has 0 aliphatic carbocycles. The lowest BCUT2D eigenvalue weighted by Crippen LogP contribution is -2.40. The molecule has 1 aromatic rings. The largest absolute Gasteiger partial charge is 0.445 e. The molecular formula is C16H22N2O5. The standard InChI is InChI=1S/C16H22N2O5/c1-16(2,3)23-15(20)18-9-13(11-22-18)17-14(19)21-10-12-7-5-4-6-8-12/h4-8,13H,9-11H2,1-3H3,(H,17,19)/t13-/m1/s1. The van der Waals surface area contributed by atoms with Crippen LogP contribution in [-0.2, 0) is 20.9 Å². The van der Waals surface area contributed by atoms with Crippen molar-refractivity contribution in [1.82, 2.24) is 10.4 Å². The van der Waals surface area contributed by atoms with E-state index >= 15 is 0 Å². The van der Waals surface area contributed by atoms with Crippen LogP contribution in [0.5, 0.6) is 0 Å². The molecule has 1 atom stereocenters. The van der Waals surface area contributed by atoms with Gasteiger partial charge in [0, 0.05) is 0 Å². The van der Waals surface area contributed by atoms with E-state index in [0.717, 1.165) is 10.6 Å². The number of hydrogen-bond acceptors (Lipinski definition) is 5. The highest BCUT2D eigenvalue weighted by Gasteiger charge is 2.32. The van der Waals surface area contributed by atoms with Crippen molar-refractivity contribution in [2.45, 2.75) is 39.0 Å². The van der Waals surface area contributed by atoms with Gasteiger partial charge in [0.1, 0.15) is 12.2 Å². The summed E-state index contributed by atoms with van der Waals surface area (Å²) in [7, 11) is 0. The van der Waals surface area contributed by atoms with Crippen LogP contribution in [0, 0.1) is 0 Å². The highest BCUT2D eigenvalue weighted by atomic mass is 16.7. The van der Waals surface area contributed by atoms with Gasteiger partial charge in [0.05, 0.1) is 19.2 Å². The second-order valence-electron chi connectivity index (χ2n) is 6.24. The molecule has 7 nitrogen and oxygen atoms in total. The molecule has 1 saturated heterocycles. The van der Waals surface area contributed by atoms with Crippen LogP contribution in [0.2, 0.25) is 0 Å². The average molecular weight is 322 g/mol. The molecule has 0 radical (unpaired) electrons. The number of carbonyl (C=O) groups is 2. The molecule has 126 valence electrons. The Kier molecular flexibility index (Phi) is 5.44. The highest BCUT2D eigenvalue weighted by Crippen LogP contribution is 2.14. The van der Waals surface area contributed by atoms with Gasteiger partial charge in [-0.15, -0.1) is 0 Å². The molecule has 1 fully saturated rings. The highest BCUT2D eigenvalue weighted by molar-refractivity contribution is 5.69. The van der Waals surface area contributed by atoms with E-state index in [1.165, 1.54) is 0 Å². The maximum atomic E-state index is 11.8. The zero-order valence-electron chi connectivity index (χ0n) is 13.6. The minimum absolute atomic E-state index is 0.191. The summed E-state index contributed by atoms with van der Waals surface area (Å²) in [6, 6.07) is 9.06. The van der Waals surface area contributed by atoms with Crippen molar-refractivity contribution in [2.75, 3.05) is 13.2 Å². The van der Waals surface area contributed by atoms with Gasteiger partial charge in [0.25, 0.3) is 0 Å². The zero-order valence-corrected chi connectivity index (χ0v) is 13.6. The first-order valence-electron chi connectivity index (χ1n) is 7.44. The van der Waals surface area contributed by atoms with E-state index in [-0.39, 0.29) is 25.8 Å². The summed E-state index contributed by atoms with van der Waals surface area (Å²) in [4.78, 5) is 28.8. The monoisotopic (exact) mass is 322 g/mol. The molecule has 2 rings (SSSR count). The van der Waals surface area contributed by atoms with Crippen LogP contribution in [0.25, 0.3) is 0 Å². The van der Waals surface area contributed by atoms with Crippen LogP contribution >= 0.6 is 0 Å². The summed E-state index contributed by atoms with van der Waals surface area (Å²) in [5.74, 6) is 0. The first-order chi connectivity index (χ1) is 10.8. The van der Waals surface area contributed by atoms with Crippen molar-refractivity contribution >= 4 is 12.2 Å². The van der Waals surface area contributed by atoms with Crippen LogP contribution in [0.4, 0.5) is 9.59 Å². The van der Waals surface area contributed by atoms with E-state index in [9.17, 15) is 9.59 Å². The Balaban J connectivity index is 1.72. The predicted octanol–water partition coefficient (Wildman–Crippen LogP) is 2.46. The lowest BCUT2D eigenvalue weighted by molar-refractivity contribution is -0.107. The number of alkyl carbamates (subject to hydrolysis) is 1. The third kappa shape index (κ3) is 5.78. The molecular weight excluding hydrogens is 300 g/mol. The van der Waals surface area contributed by atoms with Crippen molar-refractivity contribution in [3.05, 3.63) is 35.9 Å². The van der Waals surface area contributed by atoms with Gasteiger partial charge in [-0.1, -0.05) is 30.3 Å². The molecule has 1 aliphatic heterocycles. The SMILES string of the molecule is CC(C)(C)OC(=O)N1C[C@@H](NC(=O)OCc2ccccc2)CO1. The number of nitrogens with one attached hydrogen (secondary N) is 1. The number of ether oxygens (including phenoxy) is 2. The summed E-state index contributed by atoms with van der Waals surface area (Å²) < 4.78 is 10.3. The first-order valence-corrected chi connectivity index (χ1v) is 7.44. The lowest BCUT2D eigenvalue weighted by Gasteiger charge is -2.23. The number of carbonyl (C=O) groups excluding carboxylic acids is 2. The molecule has 1 heterocycles. The normalized spacial score (nSPS) is 17.7. The molecule has 0 saturated carbocycles. The van der Waals surface area contributed by atoms with Crippen LogP contribution < -0.4 is 5.32 Å². The Labute approximate surface area is 135 Å². The van der Waals surface area contributed by atoms with Crippen LogP contribution in [-0.4, -0.2) is 42.0 Å². The van der Waals surface area contributed by atoms with Gasteiger partial charge in [-0.2, -0.15) is 5.06 Å². The summed E-state index contributed by atoms with van der Waals surface area (Å²) >= 11 is 0. The Bertz CT molecular complexity index is 541. The topological polar surface area (TPSA) is 77.1 Å². The predicted molar refractivity (Wildman–Crippen MR) is 82.4 cm³/mol. The van der Waals surface area contributed by atoms with Gasteiger partial charge < -0.3 is 14.8 Å². The smallest absolute Gasteiger partial charge is 0.434 e. The van der Waals surface area contributed by atoms with E-state index in [0.29, 0.717) is 0 Å². The second-order valence-corrected chi connectivity index (χ2v) is 6.24. The fraction of sp³-hybridized carbons (Fsp3) is 0.500. The Morgan fingerprint density at radius 1 is 1.30 bits per heavy atom. The molecule has 1 aliphatic rings. The van der Waals surface area contributed by atoms with Crippen molar-refractivity contribution < 1.29 is 23.9 Å². The van der Waals surface area contributed by atoms with Gasteiger partial charge in [-0.05, 0) is 26.3 Å². The number of hydroxylamine groups is 2. The van der Waals surface area contributed by atoms with Crippen LogP contribution in [0.1, 0.15) is 26.3 Å². The number of rotatable bonds is 3. The Morgan fingerprint density at radius 2 is 2.00 bits per heavy atom. The van der Waals surface area contributed by atoms with Crippen molar-refractivity contribution in [3.63, 3.8) is 0 Å². The van der Waals surface area contributed by atoms with E-state index in [1.54, 1.807) is 20.8 Å². The molecule has 1 N–H and O–H groups in total. The van der Waals surface area contributed by atoms with Crippen LogP contribution in [0.3, 0.4) is 0 Å². The van der Waals surface area contributed by atoms with Gasteiger partial charge in [-0.3, -0.25) is 4.84 Å². The molecule has 0 unspecified atom stereocenters. The maximum absolute atomic E-state index is 11.8. The third-order valence-corrected chi connectivity index (χ3v) is 2.95. The van der Waals surface area contributed by atoms with Gasteiger partial charge in [0.2, 0.25) is 0 Å². The Morgan fingerprint density at radius 3 is 2.65 bits per heavy atom. The van der Waals surface area contributed by atoms with E-state index in [4.69, 9.17) is 14.3 Å².